The summed E-state index contributed by atoms with van der Waals surface area (Å²) >= 11 is 6.28. The first-order valence-electron chi connectivity index (χ1n) is 14.2. The fourth-order valence-electron chi connectivity index (χ4n) is 4.82. The zero-order valence-corrected chi connectivity index (χ0v) is 25.9. The summed E-state index contributed by atoms with van der Waals surface area (Å²) in [5.74, 6) is -0.849. The van der Waals surface area contributed by atoms with Gasteiger partial charge in [0.25, 0.3) is 10.0 Å². The van der Waals surface area contributed by atoms with Crippen molar-refractivity contribution < 1.29 is 18.0 Å². The molecule has 0 aliphatic heterocycles. The van der Waals surface area contributed by atoms with E-state index in [1.165, 1.54) is 17.0 Å². The standard InChI is InChI=1S/C34H36ClN3O4S/c1-3-26-18-20-30(21-19-26)38(43(41,42)31-16-9-6-10-17-31)25-33(39)37(24-28-14-11-15-29(35)22-28)32(34(40)36-4-2)23-27-12-7-5-8-13-27/h5-22,32H,3-4,23-25H2,1-2H3,(H,36,40)/t32-/m0/s1. The third-order valence-electron chi connectivity index (χ3n) is 7.11. The molecule has 0 fully saturated rings. The lowest BCUT2D eigenvalue weighted by Gasteiger charge is -2.34. The highest BCUT2D eigenvalue weighted by Gasteiger charge is 2.34. The fourth-order valence-corrected chi connectivity index (χ4v) is 6.47. The molecule has 43 heavy (non-hydrogen) atoms. The third-order valence-corrected chi connectivity index (χ3v) is 9.13. The molecule has 224 valence electrons. The predicted molar refractivity (Wildman–Crippen MR) is 171 cm³/mol. The fraction of sp³-hybridized carbons (Fsp3) is 0.235. The Morgan fingerprint density at radius 1 is 0.791 bits per heavy atom. The Balaban J connectivity index is 1.79. The molecule has 0 heterocycles. The van der Waals surface area contributed by atoms with Crippen molar-refractivity contribution in [1.82, 2.24) is 10.2 Å². The number of anilines is 1. The van der Waals surface area contributed by atoms with Crippen LogP contribution in [0, 0.1) is 0 Å². The quantitative estimate of drug-likeness (QED) is 0.203. The number of likely N-dealkylation sites (N-methyl/N-ethyl adjacent to an activating group) is 1. The largest absolute Gasteiger partial charge is 0.355 e. The van der Waals surface area contributed by atoms with Crippen LogP contribution in [-0.4, -0.2) is 44.3 Å². The van der Waals surface area contributed by atoms with E-state index in [4.69, 9.17) is 11.6 Å². The Kier molecular flexibility index (Phi) is 11.0. The summed E-state index contributed by atoms with van der Waals surface area (Å²) in [6.45, 7) is 3.76. The Bertz CT molecular complexity index is 1610. The third kappa shape index (κ3) is 8.24. The number of benzene rings is 4. The molecule has 4 rings (SSSR count). The molecule has 0 aromatic heterocycles. The molecule has 0 aliphatic carbocycles. The Morgan fingerprint density at radius 2 is 1.42 bits per heavy atom. The van der Waals surface area contributed by atoms with Crippen LogP contribution in [0.1, 0.15) is 30.5 Å². The first-order chi connectivity index (χ1) is 20.7. The van der Waals surface area contributed by atoms with Gasteiger partial charge in [0.05, 0.1) is 10.6 Å². The van der Waals surface area contributed by atoms with Crippen LogP contribution >= 0.6 is 11.6 Å². The number of halogens is 1. The summed E-state index contributed by atoms with van der Waals surface area (Å²) < 4.78 is 29.1. The molecule has 0 aliphatic rings. The summed E-state index contributed by atoms with van der Waals surface area (Å²) in [6, 6.07) is 30.7. The van der Waals surface area contributed by atoms with Gasteiger partial charge in [0.2, 0.25) is 11.8 Å². The van der Waals surface area contributed by atoms with Gasteiger partial charge >= 0.3 is 0 Å². The van der Waals surface area contributed by atoms with E-state index in [9.17, 15) is 18.0 Å². The molecule has 0 spiro atoms. The van der Waals surface area contributed by atoms with Crippen molar-refractivity contribution >= 4 is 39.1 Å². The molecular weight excluding hydrogens is 582 g/mol. The van der Waals surface area contributed by atoms with Gasteiger partial charge in [0.15, 0.2) is 0 Å². The highest BCUT2D eigenvalue weighted by molar-refractivity contribution is 7.92. The maximum Gasteiger partial charge on any atom is 0.264 e. The van der Waals surface area contributed by atoms with Crippen molar-refractivity contribution in [1.29, 1.82) is 0 Å². The van der Waals surface area contributed by atoms with Gasteiger partial charge in [-0.3, -0.25) is 13.9 Å². The van der Waals surface area contributed by atoms with E-state index >= 15 is 0 Å². The van der Waals surface area contributed by atoms with E-state index in [2.05, 4.69) is 5.32 Å². The molecule has 0 saturated carbocycles. The number of carbonyl (C=O) groups excluding carboxylic acids is 2. The first-order valence-corrected chi connectivity index (χ1v) is 16.1. The molecule has 0 saturated heterocycles. The lowest BCUT2D eigenvalue weighted by Crippen LogP contribution is -2.53. The molecule has 0 bridgehead atoms. The molecule has 4 aromatic rings. The van der Waals surface area contributed by atoms with Gasteiger partial charge in [-0.1, -0.05) is 91.3 Å². The predicted octanol–water partition coefficient (Wildman–Crippen LogP) is 5.87. The summed E-state index contributed by atoms with van der Waals surface area (Å²) in [4.78, 5) is 29.4. The number of hydrogen-bond acceptors (Lipinski definition) is 4. The van der Waals surface area contributed by atoms with Gasteiger partial charge in [-0.15, -0.1) is 0 Å². The number of amides is 2. The molecule has 2 amide bonds. The number of carbonyl (C=O) groups is 2. The molecule has 0 unspecified atom stereocenters. The second-order valence-corrected chi connectivity index (χ2v) is 12.4. The minimum Gasteiger partial charge on any atom is -0.355 e. The van der Waals surface area contributed by atoms with Crippen LogP contribution in [0.3, 0.4) is 0 Å². The normalized spacial score (nSPS) is 11.9. The van der Waals surface area contributed by atoms with Crippen molar-refractivity contribution in [2.24, 2.45) is 0 Å². The summed E-state index contributed by atoms with van der Waals surface area (Å²) in [7, 11) is -4.13. The molecular formula is C34H36ClN3O4S. The number of aryl methyl sites for hydroxylation is 1. The average Bonchev–Trinajstić information content (AvgIpc) is 3.02. The lowest BCUT2D eigenvalue weighted by molar-refractivity contribution is -0.140. The van der Waals surface area contributed by atoms with Crippen molar-refractivity contribution in [2.45, 2.75) is 44.2 Å². The highest BCUT2D eigenvalue weighted by Crippen LogP contribution is 2.26. The molecule has 4 aromatic carbocycles. The second-order valence-electron chi connectivity index (χ2n) is 10.1. The molecule has 7 nitrogen and oxygen atoms in total. The molecule has 1 N–H and O–H groups in total. The van der Waals surface area contributed by atoms with Gasteiger partial charge < -0.3 is 10.2 Å². The number of nitrogens with one attached hydrogen (secondary N) is 1. The SMILES string of the molecule is CCNC(=O)[C@H](Cc1ccccc1)N(Cc1cccc(Cl)c1)C(=O)CN(c1ccc(CC)cc1)S(=O)(=O)c1ccccc1. The zero-order chi connectivity index (χ0) is 30.8. The molecule has 9 heteroatoms. The number of nitrogens with zero attached hydrogens (tertiary/aromatic N) is 2. The summed E-state index contributed by atoms with van der Waals surface area (Å²) in [6.07, 6.45) is 1.03. The maximum atomic E-state index is 14.4. The zero-order valence-electron chi connectivity index (χ0n) is 24.3. The Labute approximate surface area is 259 Å². The van der Waals surface area contributed by atoms with Crippen molar-refractivity contribution in [3.05, 3.63) is 131 Å². The Morgan fingerprint density at radius 3 is 2.02 bits per heavy atom. The first kappa shape index (κ1) is 31.8. The van der Waals surface area contributed by atoms with Gasteiger partial charge in [0, 0.05) is 24.5 Å². The van der Waals surface area contributed by atoms with Crippen LogP contribution in [-0.2, 0) is 39.0 Å². The van der Waals surface area contributed by atoms with Gasteiger partial charge in [-0.2, -0.15) is 0 Å². The van der Waals surface area contributed by atoms with Crippen molar-refractivity contribution in [3.8, 4) is 0 Å². The average molecular weight is 618 g/mol. The van der Waals surface area contributed by atoms with Gasteiger partial charge in [-0.05, 0) is 66.4 Å². The van der Waals surface area contributed by atoms with Crippen LogP contribution in [0.25, 0.3) is 0 Å². The maximum absolute atomic E-state index is 14.4. The van der Waals surface area contributed by atoms with Gasteiger partial charge in [0.1, 0.15) is 12.6 Å². The minimum absolute atomic E-state index is 0.0576. The second kappa shape index (κ2) is 14.8. The van der Waals surface area contributed by atoms with Crippen LogP contribution in [0.4, 0.5) is 5.69 Å². The van der Waals surface area contributed by atoms with Crippen LogP contribution in [0.2, 0.25) is 5.02 Å². The van der Waals surface area contributed by atoms with E-state index in [1.54, 1.807) is 48.5 Å². The van der Waals surface area contributed by atoms with Crippen molar-refractivity contribution in [2.75, 3.05) is 17.4 Å². The molecule has 1 atom stereocenters. The van der Waals surface area contributed by atoms with Gasteiger partial charge in [-0.25, -0.2) is 8.42 Å². The number of sulfonamides is 1. The summed E-state index contributed by atoms with van der Waals surface area (Å²) in [5.41, 5.74) is 2.98. The monoisotopic (exact) mass is 617 g/mol. The summed E-state index contributed by atoms with van der Waals surface area (Å²) in [5, 5.41) is 3.35. The number of rotatable bonds is 13. The number of hydrogen-bond donors (Lipinski definition) is 1. The highest BCUT2D eigenvalue weighted by atomic mass is 35.5. The van der Waals surface area contributed by atoms with Crippen molar-refractivity contribution in [3.63, 3.8) is 0 Å². The van der Waals surface area contributed by atoms with Crippen LogP contribution < -0.4 is 9.62 Å². The Hall–Kier alpha value is -4.14. The van der Waals surface area contributed by atoms with E-state index < -0.39 is 28.5 Å². The van der Waals surface area contributed by atoms with E-state index in [0.717, 1.165) is 21.9 Å². The topological polar surface area (TPSA) is 86.8 Å². The van der Waals surface area contributed by atoms with E-state index in [-0.39, 0.29) is 23.8 Å². The van der Waals surface area contributed by atoms with Crippen LogP contribution in [0.5, 0.6) is 0 Å². The van der Waals surface area contributed by atoms with Crippen LogP contribution in [0.15, 0.2) is 114 Å². The lowest BCUT2D eigenvalue weighted by atomic mass is 10.0. The van der Waals surface area contributed by atoms with E-state index in [1.807, 2.05) is 62.4 Å². The molecule has 0 radical (unpaired) electrons. The minimum atomic E-state index is -4.13. The smallest absolute Gasteiger partial charge is 0.264 e. The van der Waals surface area contributed by atoms with E-state index in [0.29, 0.717) is 22.8 Å².